The van der Waals surface area contributed by atoms with Crippen LogP contribution >= 0.6 is 11.6 Å². The number of hydrogen-bond acceptors (Lipinski definition) is 1. The molecule has 1 aromatic heterocycles. The molecule has 1 aliphatic heterocycles. The standard InChI is InChI=1S/C9H13ClN2/c10-7-4-6-12-9(7)8-3-1-2-5-11-8/h4,6,8,11-12H,1-3,5H2/t8-/m0/s1. The van der Waals surface area contributed by atoms with Crippen molar-refractivity contribution in [2.24, 2.45) is 0 Å². The molecule has 2 heterocycles. The smallest absolute Gasteiger partial charge is 0.0629 e. The fourth-order valence-electron chi connectivity index (χ4n) is 1.73. The van der Waals surface area contributed by atoms with Crippen LogP contribution in [0.1, 0.15) is 31.0 Å². The Morgan fingerprint density at radius 2 is 2.33 bits per heavy atom. The van der Waals surface area contributed by atoms with Crippen molar-refractivity contribution in [3.05, 3.63) is 23.0 Å². The Balaban J connectivity index is 2.13. The van der Waals surface area contributed by atoms with E-state index in [-0.39, 0.29) is 0 Å². The Kier molecular flexibility index (Phi) is 2.38. The van der Waals surface area contributed by atoms with Gasteiger partial charge in [-0.15, -0.1) is 0 Å². The van der Waals surface area contributed by atoms with Crippen LogP contribution < -0.4 is 5.32 Å². The number of rotatable bonds is 1. The number of aromatic amines is 1. The van der Waals surface area contributed by atoms with E-state index in [1.165, 1.54) is 19.3 Å². The summed E-state index contributed by atoms with van der Waals surface area (Å²) in [4.78, 5) is 3.18. The van der Waals surface area contributed by atoms with Crippen LogP contribution in [0, 0.1) is 0 Å². The second-order valence-corrected chi connectivity index (χ2v) is 3.65. The highest BCUT2D eigenvalue weighted by Crippen LogP contribution is 2.27. The van der Waals surface area contributed by atoms with Gasteiger partial charge in [-0.25, -0.2) is 0 Å². The van der Waals surface area contributed by atoms with E-state index in [1.54, 1.807) is 0 Å². The Morgan fingerprint density at radius 3 is 2.92 bits per heavy atom. The van der Waals surface area contributed by atoms with Crippen LogP contribution in [-0.4, -0.2) is 11.5 Å². The molecule has 0 amide bonds. The maximum absolute atomic E-state index is 6.00. The fourth-order valence-corrected chi connectivity index (χ4v) is 1.98. The Hall–Kier alpha value is -0.470. The zero-order valence-corrected chi connectivity index (χ0v) is 7.69. The summed E-state index contributed by atoms with van der Waals surface area (Å²) < 4.78 is 0. The van der Waals surface area contributed by atoms with Gasteiger partial charge in [-0.3, -0.25) is 0 Å². The van der Waals surface area contributed by atoms with Gasteiger partial charge in [0, 0.05) is 12.2 Å². The molecule has 2 N–H and O–H groups in total. The summed E-state index contributed by atoms with van der Waals surface area (Å²) in [6.07, 6.45) is 5.68. The van der Waals surface area contributed by atoms with Crippen LogP contribution in [-0.2, 0) is 0 Å². The van der Waals surface area contributed by atoms with E-state index in [4.69, 9.17) is 11.6 Å². The highest BCUT2D eigenvalue weighted by Gasteiger charge is 2.17. The maximum Gasteiger partial charge on any atom is 0.0629 e. The summed E-state index contributed by atoms with van der Waals surface area (Å²) in [5.41, 5.74) is 1.15. The predicted molar refractivity (Wildman–Crippen MR) is 50.4 cm³/mol. The SMILES string of the molecule is Clc1cc[nH]c1[C@@H]1CCCCN1. The highest BCUT2D eigenvalue weighted by atomic mass is 35.5. The second kappa shape index (κ2) is 3.50. The van der Waals surface area contributed by atoms with Gasteiger partial charge < -0.3 is 10.3 Å². The summed E-state index contributed by atoms with van der Waals surface area (Å²) in [6, 6.07) is 2.36. The van der Waals surface area contributed by atoms with Gasteiger partial charge in [0.05, 0.1) is 10.7 Å². The molecule has 2 nitrogen and oxygen atoms in total. The number of nitrogens with one attached hydrogen (secondary N) is 2. The largest absolute Gasteiger partial charge is 0.362 e. The molecule has 1 atom stereocenters. The number of halogens is 1. The van der Waals surface area contributed by atoms with Crippen molar-refractivity contribution in [2.45, 2.75) is 25.3 Å². The first-order valence-corrected chi connectivity index (χ1v) is 4.82. The average molecular weight is 185 g/mol. The van der Waals surface area contributed by atoms with Gasteiger partial charge in [-0.1, -0.05) is 18.0 Å². The minimum absolute atomic E-state index is 0.446. The van der Waals surface area contributed by atoms with Gasteiger partial charge in [0.2, 0.25) is 0 Å². The molecule has 1 saturated heterocycles. The first-order chi connectivity index (χ1) is 5.88. The lowest BCUT2D eigenvalue weighted by Gasteiger charge is -2.22. The van der Waals surface area contributed by atoms with Crippen molar-refractivity contribution >= 4 is 11.6 Å². The molecule has 66 valence electrons. The van der Waals surface area contributed by atoms with Crippen LogP contribution in [0.15, 0.2) is 12.3 Å². The van der Waals surface area contributed by atoms with Gasteiger partial charge in [0.25, 0.3) is 0 Å². The van der Waals surface area contributed by atoms with Crippen molar-refractivity contribution in [1.29, 1.82) is 0 Å². The molecule has 1 aliphatic rings. The summed E-state index contributed by atoms with van der Waals surface area (Å²) in [5, 5.41) is 4.30. The van der Waals surface area contributed by atoms with Gasteiger partial charge in [0.1, 0.15) is 0 Å². The van der Waals surface area contributed by atoms with Crippen molar-refractivity contribution in [2.75, 3.05) is 6.54 Å². The van der Waals surface area contributed by atoms with Gasteiger partial charge >= 0.3 is 0 Å². The Morgan fingerprint density at radius 1 is 1.42 bits per heavy atom. The third-order valence-corrected chi connectivity index (χ3v) is 2.71. The monoisotopic (exact) mass is 184 g/mol. The summed E-state index contributed by atoms with van der Waals surface area (Å²) in [6.45, 7) is 1.11. The van der Waals surface area contributed by atoms with Crippen LogP contribution in [0.4, 0.5) is 0 Å². The lowest BCUT2D eigenvalue weighted by atomic mass is 10.0. The summed E-state index contributed by atoms with van der Waals surface area (Å²) >= 11 is 6.00. The molecule has 2 rings (SSSR count). The minimum atomic E-state index is 0.446. The number of hydrogen-bond donors (Lipinski definition) is 2. The molecule has 0 bridgehead atoms. The fraction of sp³-hybridized carbons (Fsp3) is 0.556. The van der Waals surface area contributed by atoms with Crippen molar-refractivity contribution in [3.63, 3.8) is 0 Å². The van der Waals surface area contributed by atoms with Gasteiger partial charge in [-0.2, -0.15) is 0 Å². The van der Waals surface area contributed by atoms with Crippen LogP contribution in [0.2, 0.25) is 5.02 Å². The molecule has 0 aliphatic carbocycles. The number of piperidine rings is 1. The van der Waals surface area contributed by atoms with Gasteiger partial charge in [-0.05, 0) is 25.5 Å². The molecule has 0 saturated carbocycles. The van der Waals surface area contributed by atoms with E-state index in [1.807, 2.05) is 12.3 Å². The second-order valence-electron chi connectivity index (χ2n) is 3.24. The van der Waals surface area contributed by atoms with E-state index in [0.717, 1.165) is 17.3 Å². The van der Waals surface area contributed by atoms with Crippen molar-refractivity contribution in [1.82, 2.24) is 10.3 Å². The molecule has 1 fully saturated rings. The van der Waals surface area contributed by atoms with E-state index < -0.39 is 0 Å². The van der Waals surface area contributed by atoms with Gasteiger partial charge in [0.15, 0.2) is 0 Å². The zero-order valence-electron chi connectivity index (χ0n) is 6.94. The highest BCUT2D eigenvalue weighted by molar-refractivity contribution is 6.31. The average Bonchev–Trinajstić information content (AvgIpc) is 2.53. The normalized spacial score (nSPS) is 24.2. The lowest BCUT2D eigenvalue weighted by molar-refractivity contribution is 0.406. The van der Waals surface area contributed by atoms with E-state index in [0.29, 0.717) is 6.04 Å². The number of H-pyrrole nitrogens is 1. The van der Waals surface area contributed by atoms with E-state index in [9.17, 15) is 0 Å². The molecule has 0 spiro atoms. The number of aromatic nitrogens is 1. The predicted octanol–water partition coefficient (Wildman–Crippen LogP) is 2.48. The maximum atomic E-state index is 6.00. The summed E-state index contributed by atoms with van der Waals surface area (Å²) in [5.74, 6) is 0. The first kappa shape index (κ1) is 8.14. The molecule has 0 unspecified atom stereocenters. The topological polar surface area (TPSA) is 27.8 Å². The molecular formula is C9H13ClN2. The molecule has 12 heavy (non-hydrogen) atoms. The summed E-state index contributed by atoms with van der Waals surface area (Å²) in [7, 11) is 0. The van der Waals surface area contributed by atoms with Crippen molar-refractivity contribution in [3.8, 4) is 0 Å². The van der Waals surface area contributed by atoms with Crippen LogP contribution in [0.5, 0.6) is 0 Å². The Bertz CT molecular complexity index is 251. The third-order valence-electron chi connectivity index (χ3n) is 2.38. The van der Waals surface area contributed by atoms with Crippen LogP contribution in [0.3, 0.4) is 0 Å². The molecule has 3 heteroatoms. The molecule has 1 aromatic rings. The van der Waals surface area contributed by atoms with E-state index >= 15 is 0 Å². The van der Waals surface area contributed by atoms with Crippen molar-refractivity contribution < 1.29 is 0 Å². The quantitative estimate of drug-likeness (QED) is 0.690. The Labute approximate surface area is 77.3 Å². The zero-order chi connectivity index (χ0) is 8.39. The van der Waals surface area contributed by atoms with Crippen LogP contribution in [0.25, 0.3) is 0 Å². The first-order valence-electron chi connectivity index (χ1n) is 4.44. The third kappa shape index (κ3) is 1.50. The van der Waals surface area contributed by atoms with E-state index in [2.05, 4.69) is 10.3 Å². The minimum Gasteiger partial charge on any atom is -0.362 e. The molecule has 0 aromatic carbocycles. The molecular weight excluding hydrogens is 172 g/mol. The molecule has 0 radical (unpaired) electrons. The lowest BCUT2D eigenvalue weighted by Crippen LogP contribution is -2.27.